The van der Waals surface area contributed by atoms with Crippen molar-refractivity contribution >= 4 is 15.9 Å². The number of nitrogens with one attached hydrogen (secondary N) is 1. The van der Waals surface area contributed by atoms with E-state index in [0.29, 0.717) is 17.4 Å². The van der Waals surface area contributed by atoms with Gasteiger partial charge in [0.05, 0.1) is 0 Å². The van der Waals surface area contributed by atoms with E-state index in [2.05, 4.69) is 64.4 Å². The Morgan fingerprint density at radius 3 is 2.84 bits per heavy atom. The van der Waals surface area contributed by atoms with Crippen LogP contribution in [-0.4, -0.2) is 37.6 Å². The summed E-state index contributed by atoms with van der Waals surface area (Å²) < 4.78 is 1.27. The third-order valence-electron chi connectivity index (χ3n) is 5.19. The number of hydrogen-bond donors (Lipinski definition) is 1. The summed E-state index contributed by atoms with van der Waals surface area (Å²) in [6.45, 7) is 5.89. The van der Waals surface area contributed by atoms with E-state index in [-0.39, 0.29) is 0 Å². The summed E-state index contributed by atoms with van der Waals surface area (Å²) in [7, 11) is 2.28. The molecule has 19 heavy (non-hydrogen) atoms. The van der Waals surface area contributed by atoms with E-state index in [4.69, 9.17) is 0 Å². The number of piperidine rings is 1. The van der Waals surface area contributed by atoms with Crippen LogP contribution >= 0.6 is 15.9 Å². The number of halogens is 1. The molecule has 0 amide bonds. The lowest BCUT2D eigenvalue weighted by atomic mass is 9.66. The number of rotatable bonds is 1. The lowest BCUT2D eigenvalue weighted by Gasteiger charge is -2.42. The van der Waals surface area contributed by atoms with Crippen molar-refractivity contribution in [3.8, 4) is 0 Å². The molecule has 0 radical (unpaired) electrons. The molecule has 1 N–H and O–H groups in total. The minimum absolute atomic E-state index is 0.462. The van der Waals surface area contributed by atoms with Crippen molar-refractivity contribution in [2.24, 2.45) is 5.41 Å². The first kappa shape index (κ1) is 13.6. The van der Waals surface area contributed by atoms with E-state index in [9.17, 15) is 0 Å². The lowest BCUT2D eigenvalue weighted by molar-refractivity contribution is 0.170. The topological polar surface area (TPSA) is 15.3 Å². The Kier molecular flexibility index (Phi) is 3.71. The van der Waals surface area contributed by atoms with Crippen LogP contribution in [0.15, 0.2) is 28.7 Å². The molecule has 1 spiro atoms. The SMILES string of the molecule is CC1CC2(CCNCC2c2ccccc2Br)CN1C. The molecule has 1 aromatic rings. The number of likely N-dealkylation sites (tertiary alicyclic amines) is 1. The van der Waals surface area contributed by atoms with E-state index < -0.39 is 0 Å². The first-order valence-corrected chi connectivity index (χ1v) is 8.07. The number of nitrogens with zero attached hydrogens (tertiary/aromatic N) is 1. The minimum Gasteiger partial charge on any atom is -0.316 e. The molecule has 3 heteroatoms. The lowest BCUT2D eigenvalue weighted by Crippen LogP contribution is -2.45. The van der Waals surface area contributed by atoms with Crippen molar-refractivity contribution in [1.82, 2.24) is 10.2 Å². The average molecular weight is 323 g/mol. The molecule has 2 fully saturated rings. The summed E-state index contributed by atoms with van der Waals surface area (Å²) in [5.74, 6) is 0.629. The van der Waals surface area contributed by atoms with Gasteiger partial charge >= 0.3 is 0 Å². The zero-order valence-corrected chi connectivity index (χ0v) is 13.4. The van der Waals surface area contributed by atoms with Gasteiger partial charge in [-0.15, -0.1) is 0 Å². The van der Waals surface area contributed by atoms with Crippen molar-refractivity contribution < 1.29 is 0 Å². The second-order valence-electron chi connectivity index (χ2n) is 6.36. The highest BCUT2D eigenvalue weighted by Gasteiger charge is 2.48. The zero-order chi connectivity index (χ0) is 13.5. The van der Waals surface area contributed by atoms with Crippen molar-refractivity contribution in [3.63, 3.8) is 0 Å². The fourth-order valence-corrected chi connectivity index (χ4v) is 4.63. The number of benzene rings is 1. The van der Waals surface area contributed by atoms with Crippen molar-refractivity contribution in [2.45, 2.75) is 31.7 Å². The fourth-order valence-electron chi connectivity index (χ4n) is 4.07. The molecule has 2 heterocycles. The molecule has 3 atom stereocenters. The first-order chi connectivity index (χ1) is 9.12. The monoisotopic (exact) mass is 322 g/mol. The molecule has 0 aromatic heterocycles. The van der Waals surface area contributed by atoms with Gasteiger partial charge in [-0.2, -0.15) is 0 Å². The Balaban J connectivity index is 1.96. The van der Waals surface area contributed by atoms with Crippen LogP contribution in [0.25, 0.3) is 0 Å². The van der Waals surface area contributed by atoms with Gasteiger partial charge in [0.15, 0.2) is 0 Å². The summed E-state index contributed by atoms with van der Waals surface area (Å²) in [4.78, 5) is 2.54. The van der Waals surface area contributed by atoms with Crippen LogP contribution in [0.5, 0.6) is 0 Å². The van der Waals surface area contributed by atoms with Gasteiger partial charge in [-0.05, 0) is 50.4 Å². The first-order valence-electron chi connectivity index (χ1n) is 7.28. The molecule has 0 saturated carbocycles. The molecule has 2 aliphatic rings. The molecule has 3 unspecified atom stereocenters. The Bertz CT molecular complexity index is 450. The molecule has 2 aliphatic heterocycles. The highest BCUT2D eigenvalue weighted by molar-refractivity contribution is 9.10. The molecular weight excluding hydrogens is 300 g/mol. The zero-order valence-electron chi connectivity index (χ0n) is 11.8. The van der Waals surface area contributed by atoms with Crippen molar-refractivity contribution in [3.05, 3.63) is 34.3 Å². The average Bonchev–Trinajstić information content (AvgIpc) is 2.67. The predicted octanol–water partition coefficient (Wildman–Crippen LogP) is 3.24. The van der Waals surface area contributed by atoms with Crippen LogP contribution < -0.4 is 5.32 Å². The maximum atomic E-state index is 3.75. The Morgan fingerprint density at radius 2 is 2.16 bits per heavy atom. The summed E-state index contributed by atoms with van der Waals surface area (Å²) >= 11 is 3.75. The predicted molar refractivity (Wildman–Crippen MR) is 83.5 cm³/mol. The normalized spacial score (nSPS) is 35.9. The molecular formula is C16H23BrN2. The van der Waals surface area contributed by atoms with Crippen LogP contribution in [0.2, 0.25) is 0 Å². The minimum atomic E-state index is 0.462. The highest BCUT2D eigenvalue weighted by atomic mass is 79.9. The van der Waals surface area contributed by atoms with E-state index in [0.717, 1.165) is 6.54 Å². The smallest absolute Gasteiger partial charge is 0.0210 e. The van der Waals surface area contributed by atoms with Gasteiger partial charge in [-0.1, -0.05) is 34.1 Å². The van der Waals surface area contributed by atoms with Gasteiger partial charge in [-0.3, -0.25) is 0 Å². The van der Waals surface area contributed by atoms with Gasteiger partial charge in [0.1, 0.15) is 0 Å². The fraction of sp³-hybridized carbons (Fsp3) is 0.625. The second-order valence-corrected chi connectivity index (χ2v) is 7.21. The quantitative estimate of drug-likeness (QED) is 0.854. The van der Waals surface area contributed by atoms with Gasteiger partial charge in [-0.25, -0.2) is 0 Å². The van der Waals surface area contributed by atoms with Gasteiger partial charge in [0.25, 0.3) is 0 Å². The second kappa shape index (κ2) is 5.19. The Hall–Kier alpha value is -0.380. The summed E-state index contributed by atoms with van der Waals surface area (Å²) in [6.07, 6.45) is 2.63. The molecule has 3 rings (SSSR count). The van der Waals surface area contributed by atoms with Crippen LogP contribution in [0, 0.1) is 5.41 Å². The van der Waals surface area contributed by atoms with Crippen LogP contribution in [-0.2, 0) is 0 Å². The summed E-state index contributed by atoms with van der Waals surface area (Å²) in [6, 6.07) is 9.47. The van der Waals surface area contributed by atoms with Crippen LogP contribution in [0.4, 0.5) is 0 Å². The van der Waals surface area contributed by atoms with E-state index in [1.807, 2.05) is 0 Å². The van der Waals surface area contributed by atoms with Gasteiger partial charge in [0, 0.05) is 29.5 Å². The summed E-state index contributed by atoms with van der Waals surface area (Å²) in [5, 5.41) is 3.60. The van der Waals surface area contributed by atoms with E-state index >= 15 is 0 Å². The van der Waals surface area contributed by atoms with Crippen LogP contribution in [0.1, 0.15) is 31.2 Å². The summed E-state index contributed by atoms with van der Waals surface area (Å²) in [5.41, 5.74) is 1.95. The van der Waals surface area contributed by atoms with E-state index in [1.54, 1.807) is 0 Å². The molecule has 2 nitrogen and oxygen atoms in total. The third-order valence-corrected chi connectivity index (χ3v) is 5.91. The van der Waals surface area contributed by atoms with Crippen molar-refractivity contribution in [1.29, 1.82) is 0 Å². The number of hydrogen-bond acceptors (Lipinski definition) is 2. The van der Waals surface area contributed by atoms with Crippen molar-refractivity contribution in [2.75, 3.05) is 26.7 Å². The Labute approximate surface area is 124 Å². The molecule has 1 aromatic carbocycles. The standard InChI is InChI=1S/C16H23BrN2/c1-12-9-16(11-19(12)2)7-8-18-10-14(16)13-5-3-4-6-15(13)17/h3-6,12,14,18H,7-11H2,1-2H3. The maximum absolute atomic E-state index is 3.75. The molecule has 0 bridgehead atoms. The largest absolute Gasteiger partial charge is 0.316 e. The maximum Gasteiger partial charge on any atom is 0.0210 e. The van der Waals surface area contributed by atoms with Gasteiger partial charge < -0.3 is 10.2 Å². The molecule has 0 aliphatic carbocycles. The molecule has 2 saturated heterocycles. The van der Waals surface area contributed by atoms with Crippen LogP contribution in [0.3, 0.4) is 0 Å². The Morgan fingerprint density at radius 1 is 1.37 bits per heavy atom. The van der Waals surface area contributed by atoms with E-state index in [1.165, 1.54) is 36.0 Å². The third kappa shape index (κ3) is 2.37. The van der Waals surface area contributed by atoms with Gasteiger partial charge in [0.2, 0.25) is 0 Å². The highest BCUT2D eigenvalue weighted by Crippen LogP contribution is 2.50. The molecule has 104 valence electrons.